The number of halogens is 2. The van der Waals surface area contributed by atoms with E-state index in [-0.39, 0.29) is 13.9 Å². The van der Waals surface area contributed by atoms with Crippen molar-refractivity contribution in [3.8, 4) is 22.3 Å². The SMILES string of the molecule is C[C](C)=[Zr]([Cl])([Cl])([CH]1c2ccccc2-c2ccccc21)[CH]1c2ccccc2-c2cccc(CCCO)c21. The van der Waals surface area contributed by atoms with Crippen LogP contribution in [0.5, 0.6) is 0 Å². The fourth-order valence-electron chi connectivity index (χ4n) is 6.85. The number of fused-ring (bicyclic) bond motifs is 6. The molecule has 0 spiro atoms. The van der Waals surface area contributed by atoms with Crippen LogP contribution in [0.15, 0.2) is 91.0 Å². The third kappa shape index (κ3) is 3.31. The Bertz CT molecular complexity index is 1530. The molecule has 0 aliphatic heterocycles. The second-order valence-electron chi connectivity index (χ2n) is 10.5. The van der Waals surface area contributed by atoms with Crippen LogP contribution in [0.4, 0.5) is 0 Å². The number of aliphatic hydroxyl groups excluding tert-OH is 1. The van der Waals surface area contributed by atoms with Gasteiger partial charge in [0, 0.05) is 0 Å². The minimum absolute atomic E-state index is 0.0397. The Morgan fingerprint density at radius 1 is 0.667 bits per heavy atom. The fourth-order valence-corrected chi connectivity index (χ4v) is 24.2. The zero-order valence-corrected chi connectivity index (χ0v) is 24.6. The maximum atomic E-state index is 9.66. The van der Waals surface area contributed by atoms with Gasteiger partial charge in [-0.1, -0.05) is 0 Å². The normalized spacial score (nSPS) is 16.3. The first-order valence-electron chi connectivity index (χ1n) is 12.8. The Morgan fingerprint density at radius 3 is 1.67 bits per heavy atom. The fraction of sp³-hybridized carbons (Fsp3) is 0.219. The van der Waals surface area contributed by atoms with Crippen LogP contribution >= 0.6 is 17.0 Å². The summed E-state index contributed by atoms with van der Waals surface area (Å²) in [6, 6.07) is 32.6. The van der Waals surface area contributed by atoms with Gasteiger partial charge < -0.3 is 0 Å². The van der Waals surface area contributed by atoms with Gasteiger partial charge in [-0.2, -0.15) is 0 Å². The van der Waals surface area contributed by atoms with E-state index in [9.17, 15) is 5.11 Å². The van der Waals surface area contributed by atoms with Crippen molar-refractivity contribution in [3.05, 3.63) is 119 Å². The van der Waals surface area contributed by atoms with E-state index in [1.807, 2.05) is 0 Å². The van der Waals surface area contributed by atoms with E-state index >= 15 is 0 Å². The van der Waals surface area contributed by atoms with Gasteiger partial charge in [-0.3, -0.25) is 0 Å². The van der Waals surface area contributed by atoms with Crippen LogP contribution in [-0.2, 0) is 22.3 Å². The molecule has 4 aromatic carbocycles. The molecule has 4 heteroatoms. The van der Waals surface area contributed by atoms with E-state index < -0.39 is 15.9 Å². The molecule has 6 rings (SSSR count). The number of aryl methyl sites for hydroxylation is 1. The van der Waals surface area contributed by atoms with E-state index in [1.165, 1.54) is 53.3 Å². The summed E-state index contributed by atoms with van der Waals surface area (Å²) in [5.41, 5.74) is 11.3. The molecule has 1 unspecified atom stereocenters. The Labute approximate surface area is 221 Å². The van der Waals surface area contributed by atoms with Crippen LogP contribution < -0.4 is 0 Å². The number of hydrogen-bond donors (Lipinski definition) is 1. The molecule has 0 amide bonds. The van der Waals surface area contributed by atoms with Crippen molar-refractivity contribution in [2.24, 2.45) is 0 Å². The maximum absolute atomic E-state index is 9.66. The summed E-state index contributed by atoms with van der Waals surface area (Å²) in [5, 5.41) is 9.66. The zero-order chi connectivity index (χ0) is 25.1. The van der Waals surface area contributed by atoms with Gasteiger partial charge in [-0.15, -0.1) is 0 Å². The summed E-state index contributed by atoms with van der Waals surface area (Å²) in [7, 11) is 16.7. The predicted molar refractivity (Wildman–Crippen MR) is 151 cm³/mol. The molecule has 36 heavy (non-hydrogen) atoms. The van der Waals surface area contributed by atoms with Gasteiger partial charge in [0.15, 0.2) is 0 Å². The van der Waals surface area contributed by atoms with Gasteiger partial charge in [-0.05, 0) is 0 Å². The predicted octanol–water partition coefficient (Wildman–Crippen LogP) is 8.66. The summed E-state index contributed by atoms with van der Waals surface area (Å²) in [5.74, 6) is 0. The molecule has 0 saturated carbocycles. The third-order valence-corrected chi connectivity index (χ3v) is 31.0. The average Bonchev–Trinajstić information content (AvgIpc) is 3.42. The molecule has 0 saturated heterocycles. The van der Waals surface area contributed by atoms with Gasteiger partial charge in [0.1, 0.15) is 0 Å². The first-order chi connectivity index (χ1) is 17.4. The average molecular weight is 593 g/mol. The van der Waals surface area contributed by atoms with E-state index in [4.69, 9.17) is 17.0 Å². The second-order valence-corrected chi connectivity index (χ2v) is 32.2. The van der Waals surface area contributed by atoms with E-state index in [2.05, 4.69) is 105 Å². The van der Waals surface area contributed by atoms with Crippen molar-refractivity contribution in [2.45, 2.75) is 33.9 Å². The van der Waals surface area contributed by atoms with Crippen molar-refractivity contribution < 1.29 is 21.0 Å². The van der Waals surface area contributed by atoms with Crippen LogP contribution in [0.1, 0.15) is 55.3 Å². The Morgan fingerprint density at radius 2 is 1.14 bits per heavy atom. The van der Waals surface area contributed by atoms with Gasteiger partial charge in [0.2, 0.25) is 0 Å². The summed E-state index contributed by atoms with van der Waals surface area (Å²) < 4.78 is 1.08. The van der Waals surface area contributed by atoms with Gasteiger partial charge in [0.05, 0.1) is 0 Å². The van der Waals surface area contributed by atoms with Crippen molar-refractivity contribution >= 4 is 20.2 Å². The van der Waals surface area contributed by atoms with E-state index in [0.717, 1.165) is 12.8 Å². The minimum atomic E-state index is -5.01. The molecule has 0 radical (unpaired) electrons. The van der Waals surface area contributed by atoms with Gasteiger partial charge >= 0.3 is 223 Å². The van der Waals surface area contributed by atoms with Crippen molar-refractivity contribution in [3.63, 3.8) is 0 Å². The molecular formula is C32H30Cl2OZr. The van der Waals surface area contributed by atoms with E-state index in [1.54, 1.807) is 0 Å². The Balaban J connectivity index is 1.72. The molecule has 182 valence electrons. The van der Waals surface area contributed by atoms with Crippen molar-refractivity contribution in [1.29, 1.82) is 0 Å². The molecule has 1 N–H and O–H groups in total. The molecule has 1 atom stereocenters. The summed E-state index contributed by atoms with van der Waals surface area (Å²) in [4.78, 5) is 0. The van der Waals surface area contributed by atoms with Crippen LogP contribution in [0.2, 0.25) is 0 Å². The molecule has 1 nitrogen and oxygen atoms in total. The Hall–Kier alpha value is -1.83. The zero-order valence-electron chi connectivity index (χ0n) is 20.6. The standard InChI is InChI=1S/C16H15O.C13H9.C3H6.2ClH.Zr/c17-10-4-7-12-6-3-9-15-14-8-2-1-5-13(14)11-16(12)15;1-3-7-12-10(5-1)9-11-6-2-4-8-13(11)12;1-3-2;;;/h1-3,5-6,8-9,11,17H,4,7,10H2;1-9H;1-2H3;2*1H;/q;;;;;+2/p-2. The first kappa shape index (κ1) is 24.5. The topological polar surface area (TPSA) is 20.2 Å². The number of aliphatic hydroxyl groups is 1. The van der Waals surface area contributed by atoms with Crippen molar-refractivity contribution in [1.82, 2.24) is 0 Å². The molecule has 0 heterocycles. The Kier molecular flexibility index (Phi) is 6.05. The van der Waals surface area contributed by atoms with Crippen molar-refractivity contribution in [2.75, 3.05) is 6.61 Å². The first-order valence-corrected chi connectivity index (χ1v) is 23.2. The number of rotatable bonds is 5. The molecule has 0 fully saturated rings. The molecule has 0 aromatic heterocycles. The van der Waals surface area contributed by atoms with Crippen LogP contribution in [0.25, 0.3) is 22.3 Å². The molecule has 0 bridgehead atoms. The van der Waals surface area contributed by atoms with Crippen LogP contribution in [0.3, 0.4) is 0 Å². The van der Waals surface area contributed by atoms with E-state index in [0.29, 0.717) is 0 Å². The monoisotopic (exact) mass is 590 g/mol. The molecule has 2 aliphatic rings. The summed E-state index contributed by atoms with van der Waals surface area (Å²) in [6.07, 6.45) is 1.53. The summed E-state index contributed by atoms with van der Waals surface area (Å²) >= 11 is -5.01. The molecule has 4 aromatic rings. The second kappa shape index (κ2) is 8.88. The summed E-state index contributed by atoms with van der Waals surface area (Å²) in [6.45, 7) is 4.51. The van der Waals surface area contributed by atoms with Gasteiger partial charge in [0.25, 0.3) is 0 Å². The molecule has 2 aliphatic carbocycles. The quantitative estimate of drug-likeness (QED) is 0.246. The van der Waals surface area contributed by atoms with Crippen LogP contribution in [-0.4, -0.2) is 14.9 Å². The van der Waals surface area contributed by atoms with Crippen LogP contribution in [0, 0.1) is 0 Å². The third-order valence-electron chi connectivity index (χ3n) is 8.50. The molecular weight excluding hydrogens is 562 g/mol. The van der Waals surface area contributed by atoms with Gasteiger partial charge in [-0.25, -0.2) is 0 Å². The number of hydrogen-bond acceptors (Lipinski definition) is 1. The number of benzene rings is 4.